The summed E-state index contributed by atoms with van der Waals surface area (Å²) in [6.45, 7) is 3.74. The summed E-state index contributed by atoms with van der Waals surface area (Å²) >= 11 is 7.22. The number of anilines is 1. The van der Waals surface area contributed by atoms with Gasteiger partial charge in [-0.2, -0.15) is 0 Å². The molecule has 2 atom stereocenters. The summed E-state index contributed by atoms with van der Waals surface area (Å²) in [5.41, 5.74) is 1.22. The molecule has 0 bridgehead atoms. The van der Waals surface area contributed by atoms with Crippen LogP contribution in [0.1, 0.15) is 6.42 Å². The number of hydrogen-bond donors (Lipinski definition) is 2. The van der Waals surface area contributed by atoms with Crippen molar-refractivity contribution < 1.29 is 14.7 Å². The third kappa shape index (κ3) is 3.08. The van der Waals surface area contributed by atoms with E-state index in [1.807, 2.05) is 6.07 Å². The van der Waals surface area contributed by atoms with Crippen molar-refractivity contribution in [2.24, 2.45) is 0 Å². The predicted molar refractivity (Wildman–Crippen MR) is 89.6 cm³/mol. The van der Waals surface area contributed by atoms with Crippen molar-refractivity contribution in [3.63, 3.8) is 0 Å². The van der Waals surface area contributed by atoms with Gasteiger partial charge in [0, 0.05) is 12.2 Å². The van der Waals surface area contributed by atoms with Gasteiger partial charge in [-0.25, -0.2) is 4.98 Å². The highest BCUT2D eigenvalue weighted by Crippen LogP contribution is 2.28. The number of hydrogen-bond acceptors (Lipinski definition) is 5. The maximum atomic E-state index is 12.5. The van der Waals surface area contributed by atoms with Crippen LogP contribution in [0.3, 0.4) is 0 Å². The van der Waals surface area contributed by atoms with Crippen LogP contribution in [0.25, 0.3) is 10.2 Å². The molecule has 0 spiro atoms. The van der Waals surface area contributed by atoms with Crippen molar-refractivity contribution in [1.82, 2.24) is 9.88 Å². The molecule has 3 rings (SSSR count). The molecule has 1 aromatic carbocycles. The normalized spacial score (nSPS) is 20.7. The summed E-state index contributed by atoms with van der Waals surface area (Å²) in [6, 6.07) is 4.33. The molecule has 2 aromatic rings. The summed E-state index contributed by atoms with van der Waals surface area (Å²) < 4.78 is 1.34. The molecule has 2 amide bonds. The first-order valence-electron chi connectivity index (χ1n) is 6.97. The SMILES string of the molecule is C=CC(=O)N1CC[C@@H](O)[C@H]1C(=O)Nc1ccc2sc(Cl)nc2c1. The molecule has 1 saturated heterocycles. The lowest BCUT2D eigenvalue weighted by atomic mass is 10.1. The van der Waals surface area contributed by atoms with Gasteiger partial charge < -0.3 is 15.3 Å². The molecule has 0 saturated carbocycles. The van der Waals surface area contributed by atoms with Crippen LogP contribution in [-0.2, 0) is 9.59 Å². The van der Waals surface area contributed by atoms with E-state index in [0.717, 1.165) is 10.8 Å². The lowest BCUT2D eigenvalue weighted by Crippen LogP contribution is -2.47. The van der Waals surface area contributed by atoms with Crippen molar-refractivity contribution >= 4 is 50.7 Å². The number of carbonyl (C=O) groups is 2. The van der Waals surface area contributed by atoms with Crippen LogP contribution in [0.2, 0.25) is 4.47 Å². The number of rotatable bonds is 3. The van der Waals surface area contributed by atoms with E-state index in [1.54, 1.807) is 12.1 Å². The molecular formula is C15H14ClN3O3S. The van der Waals surface area contributed by atoms with Crippen LogP contribution in [0.5, 0.6) is 0 Å². The fourth-order valence-electron chi connectivity index (χ4n) is 2.65. The first-order chi connectivity index (χ1) is 11.0. The van der Waals surface area contributed by atoms with E-state index >= 15 is 0 Å². The second kappa shape index (κ2) is 6.27. The van der Waals surface area contributed by atoms with Crippen LogP contribution >= 0.6 is 22.9 Å². The minimum Gasteiger partial charge on any atom is -0.390 e. The monoisotopic (exact) mass is 351 g/mol. The molecule has 0 aliphatic carbocycles. The highest BCUT2D eigenvalue weighted by atomic mass is 35.5. The number of amides is 2. The molecule has 8 heteroatoms. The van der Waals surface area contributed by atoms with E-state index in [2.05, 4.69) is 16.9 Å². The van der Waals surface area contributed by atoms with Crippen LogP contribution in [0.15, 0.2) is 30.9 Å². The van der Waals surface area contributed by atoms with Gasteiger partial charge in [-0.05, 0) is 30.7 Å². The fourth-order valence-corrected chi connectivity index (χ4v) is 3.66. The number of fused-ring (bicyclic) bond motifs is 1. The first-order valence-corrected chi connectivity index (χ1v) is 8.17. The summed E-state index contributed by atoms with van der Waals surface area (Å²) in [6.07, 6.45) is 0.608. The van der Waals surface area contributed by atoms with E-state index in [4.69, 9.17) is 11.6 Å². The standard InChI is InChI=1S/C15H14ClN3O3S/c1-2-12(21)19-6-5-10(20)13(19)14(22)17-8-3-4-11-9(7-8)18-15(16)23-11/h2-4,7,10,13,20H,1,5-6H2,(H,17,22)/t10-,13+/m1/s1. The Morgan fingerprint density at radius 3 is 3.04 bits per heavy atom. The molecule has 6 nitrogen and oxygen atoms in total. The van der Waals surface area contributed by atoms with Gasteiger partial charge >= 0.3 is 0 Å². The van der Waals surface area contributed by atoms with Gasteiger partial charge in [-0.15, -0.1) is 11.3 Å². The number of carbonyl (C=O) groups excluding carboxylic acids is 2. The number of aliphatic hydroxyl groups is 1. The zero-order valence-electron chi connectivity index (χ0n) is 12.0. The molecule has 1 aliphatic rings. The molecule has 1 fully saturated rings. The third-order valence-corrected chi connectivity index (χ3v) is 4.86. The van der Waals surface area contributed by atoms with Gasteiger partial charge in [-0.3, -0.25) is 9.59 Å². The Morgan fingerprint density at radius 2 is 2.30 bits per heavy atom. The average molecular weight is 352 g/mol. The number of nitrogens with one attached hydrogen (secondary N) is 1. The van der Waals surface area contributed by atoms with Crippen molar-refractivity contribution in [3.05, 3.63) is 35.3 Å². The predicted octanol–water partition coefficient (Wildman–Crippen LogP) is 2.04. The van der Waals surface area contributed by atoms with Crippen LogP contribution < -0.4 is 5.32 Å². The highest BCUT2D eigenvalue weighted by Gasteiger charge is 2.40. The Kier molecular flexibility index (Phi) is 4.34. The quantitative estimate of drug-likeness (QED) is 0.829. The molecule has 2 N–H and O–H groups in total. The summed E-state index contributed by atoms with van der Waals surface area (Å²) in [5.74, 6) is -0.811. The van der Waals surface area contributed by atoms with Crippen molar-refractivity contribution in [1.29, 1.82) is 0 Å². The zero-order valence-corrected chi connectivity index (χ0v) is 13.6. The first kappa shape index (κ1) is 15.9. The summed E-state index contributed by atoms with van der Waals surface area (Å²) in [5, 5.41) is 12.7. The molecule has 1 aliphatic heterocycles. The summed E-state index contributed by atoms with van der Waals surface area (Å²) in [7, 11) is 0. The lowest BCUT2D eigenvalue weighted by Gasteiger charge is -2.24. The number of aromatic nitrogens is 1. The Hall–Kier alpha value is -1.96. The van der Waals surface area contributed by atoms with Crippen LogP contribution in [0, 0.1) is 0 Å². The number of likely N-dealkylation sites (tertiary alicyclic amines) is 1. The molecule has 23 heavy (non-hydrogen) atoms. The Bertz CT molecular complexity index is 791. The third-order valence-electron chi connectivity index (χ3n) is 3.72. The fraction of sp³-hybridized carbons (Fsp3) is 0.267. The molecule has 0 unspecified atom stereocenters. The number of nitrogens with zero attached hydrogens (tertiary/aromatic N) is 2. The Balaban J connectivity index is 1.81. The molecule has 120 valence electrons. The van der Waals surface area contributed by atoms with Gasteiger partial charge in [0.25, 0.3) is 0 Å². The van der Waals surface area contributed by atoms with E-state index in [1.165, 1.54) is 16.2 Å². The topological polar surface area (TPSA) is 82.5 Å². The molecule has 1 aromatic heterocycles. The number of halogens is 1. The number of thiazole rings is 1. The van der Waals surface area contributed by atoms with Gasteiger partial charge in [0.2, 0.25) is 11.8 Å². The van der Waals surface area contributed by atoms with Gasteiger partial charge in [0.1, 0.15) is 6.04 Å². The van der Waals surface area contributed by atoms with Crippen molar-refractivity contribution in [2.45, 2.75) is 18.6 Å². The maximum Gasteiger partial charge on any atom is 0.249 e. The van der Waals surface area contributed by atoms with Gasteiger partial charge in [0.15, 0.2) is 4.47 Å². The van der Waals surface area contributed by atoms with E-state index in [0.29, 0.717) is 28.6 Å². The zero-order chi connectivity index (χ0) is 16.6. The molecule has 2 heterocycles. The lowest BCUT2D eigenvalue weighted by molar-refractivity contribution is -0.134. The minimum atomic E-state index is -0.921. The van der Waals surface area contributed by atoms with E-state index in [9.17, 15) is 14.7 Å². The van der Waals surface area contributed by atoms with Crippen LogP contribution in [-0.4, -0.2) is 45.5 Å². The van der Waals surface area contributed by atoms with Crippen molar-refractivity contribution in [2.75, 3.05) is 11.9 Å². The maximum absolute atomic E-state index is 12.5. The average Bonchev–Trinajstić information content (AvgIpc) is 3.07. The van der Waals surface area contributed by atoms with E-state index in [-0.39, 0.29) is 5.91 Å². The number of aliphatic hydroxyl groups excluding tert-OH is 1. The largest absolute Gasteiger partial charge is 0.390 e. The second-order valence-corrected chi connectivity index (χ2v) is 6.79. The minimum absolute atomic E-state index is 0.324. The van der Waals surface area contributed by atoms with Gasteiger partial charge in [0.05, 0.1) is 16.3 Å². The smallest absolute Gasteiger partial charge is 0.249 e. The molecular weight excluding hydrogens is 338 g/mol. The number of benzene rings is 1. The van der Waals surface area contributed by atoms with Gasteiger partial charge in [-0.1, -0.05) is 18.2 Å². The Morgan fingerprint density at radius 1 is 1.52 bits per heavy atom. The van der Waals surface area contributed by atoms with E-state index < -0.39 is 18.1 Å². The Labute approximate surface area is 141 Å². The van der Waals surface area contributed by atoms with Crippen molar-refractivity contribution in [3.8, 4) is 0 Å². The summed E-state index contributed by atoms with van der Waals surface area (Å²) in [4.78, 5) is 29.7. The molecule has 0 radical (unpaired) electrons. The highest BCUT2D eigenvalue weighted by molar-refractivity contribution is 7.22. The van der Waals surface area contributed by atoms with Crippen LogP contribution in [0.4, 0.5) is 5.69 Å². The second-order valence-electron chi connectivity index (χ2n) is 5.18.